The summed E-state index contributed by atoms with van der Waals surface area (Å²) in [6, 6.07) is 4.13. The molecule has 3 rings (SSSR count). The topological polar surface area (TPSA) is 90.0 Å². The highest BCUT2D eigenvalue weighted by atomic mass is 32.2. The van der Waals surface area contributed by atoms with Crippen molar-refractivity contribution in [2.24, 2.45) is 0 Å². The number of nitrogens with one attached hydrogen (secondary N) is 1. The van der Waals surface area contributed by atoms with Gasteiger partial charge in [0.2, 0.25) is 15.9 Å². The maximum atomic E-state index is 14.1. The van der Waals surface area contributed by atoms with Gasteiger partial charge in [0, 0.05) is 39.3 Å². The van der Waals surface area contributed by atoms with Crippen LogP contribution in [0.4, 0.5) is 9.18 Å². The van der Waals surface area contributed by atoms with Gasteiger partial charge in [0.1, 0.15) is 16.8 Å². The first-order valence-corrected chi connectivity index (χ1v) is 13.8. The Labute approximate surface area is 193 Å². The van der Waals surface area contributed by atoms with Crippen LogP contribution in [-0.4, -0.2) is 92.4 Å². The molecule has 1 aromatic rings. The minimum atomic E-state index is -4.20. The Bertz CT molecular complexity index is 901. The van der Waals surface area contributed by atoms with Gasteiger partial charge in [-0.3, -0.25) is 4.79 Å². The third-order valence-corrected chi connectivity index (χ3v) is 7.97. The van der Waals surface area contributed by atoms with Crippen molar-refractivity contribution in [3.8, 4) is 0 Å². The molecule has 1 N–H and O–H groups in total. The number of likely N-dealkylation sites (tertiary alicyclic amines) is 1. The van der Waals surface area contributed by atoms with Crippen molar-refractivity contribution in [3.63, 3.8) is 0 Å². The number of halogens is 1. The number of hydrogen-bond acceptors (Lipinski definition) is 5. The summed E-state index contributed by atoms with van der Waals surface area (Å²) >= 11 is 1.50. The van der Waals surface area contributed by atoms with Gasteiger partial charge in [-0.15, -0.1) is 0 Å². The van der Waals surface area contributed by atoms with Crippen LogP contribution in [0.5, 0.6) is 0 Å². The highest BCUT2D eigenvalue weighted by Crippen LogP contribution is 2.17. The quantitative estimate of drug-likeness (QED) is 0.637. The highest BCUT2D eigenvalue weighted by Gasteiger charge is 2.33. The summed E-state index contributed by atoms with van der Waals surface area (Å²) < 4.78 is 41.9. The van der Waals surface area contributed by atoms with Gasteiger partial charge >= 0.3 is 6.03 Å². The third-order valence-electron chi connectivity index (χ3n) is 5.82. The second-order valence-corrected chi connectivity index (χ2v) is 10.7. The normalized spacial score (nSPS) is 18.5. The summed E-state index contributed by atoms with van der Waals surface area (Å²) in [5, 5.41) is 0. The minimum absolute atomic E-state index is 0.0102. The molecule has 0 saturated carbocycles. The standard InChI is InChI=1S/C21H31FN4O4S2/c1-31-16-9-18(23-32(29,30)19-8-4-3-7-17(19)22)20(27)24-12-14-26(15-13-24)21(28)25-10-5-2-6-11-25/h3-4,7-8,18,23H,2,5-6,9-16H2,1H3. The molecule has 0 aliphatic carbocycles. The number of amides is 3. The van der Waals surface area contributed by atoms with Crippen LogP contribution in [0, 0.1) is 5.82 Å². The van der Waals surface area contributed by atoms with Crippen molar-refractivity contribution in [1.29, 1.82) is 0 Å². The molecule has 11 heteroatoms. The molecule has 0 radical (unpaired) electrons. The van der Waals surface area contributed by atoms with Gasteiger partial charge in [0.05, 0.1) is 0 Å². The molecule has 1 atom stereocenters. The molecule has 2 aliphatic heterocycles. The molecular weight excluding hydrogens is 455 g/mol. The van der Waals surface area contributed by atoms with E-state index in [1.807, 2.05) is 11.2 Å². The molecule has 178 valence electrons. The first kappa shape index (κ1) is 24.8. The van der Waals surface area contributed by atoms with Gasteiger partial charge in [-0.05, 0) is 49.8 Å². The Kier molecular flexibility index (Phi) is 8.78. The first-order chi connectivity index (χ1) is 15.3. The molecule has 2 heterocycles. The van der Waals surface area contributed by atoms with E-state index in [0.717, 1.165) is 38.4 Å². The van der Waals surface area contributed by atoms with Crippen LogP contribution in [0.15, 0.2) is 29.2 Å². The zero-order chi connectivity index (χ0) is 23.1. The maximum Gasteiger partial charge on any atom is 0.320 e. The van der Waals surface area contributed by atoms with Crippen molar-refractivity contribution < 1.29 is 22.4 Å². The van der Waals surface area contributed by atoms with Crippen LogP contribution in [0.3, 0.4) is 0 Å². The van der Waals surface area contributed by atoms with Crippen molar-refractivity contribution in [2.45, 2.75) is 36.6 Å². The molecule has 1 aromatic carbocycles. The van der Waals surface area contributed by atoms with Crippen molar-refractivity contribution in [3.05, 3.63) is 30.1 Å². The SMILES string of the molecule is CSCCC(NS(=O)(=O)c1ccccc1F)C(=O)N1CCN(C(=O)N2CCCCC2)CC1. The van der Waals surface area contributed by atoms with E-state index in [2.05, 4.69) is 4.72 Å². The number of rotatable bonds is 7. The van der Waals surface area contributed by atoms with E-state index in [9.17, 15) is 22.4 Å². The number of urea groups is 1. The lowest BCUT2D eigenvalue weighted by Crippen LogP contribution is -2.58. The average molecular weight is 487 g/mol. The first-order valence-electron chi connectivity index (χ1n) is 10.9. The summed E-state index contributed by atoms with van der Waals surface area (Å²) in [6.45, 7) is 3.05. The molecule has 2 aliphatic rings. The number of piperazine rings is 1. The summed E-state index contributed by atoms with van der Waals surface area (Å²) in [4.78, 5) is 30.6. The number of piperidine rings is 1. The summed E-state index contributed by atoms with van der Waals surface area (Å²) in [5.74, 6) is -0.631. The largest absolute Gasteiger partial charge is 0.338 e. The molecule has 3 amide bonds. The van der Waals surface area contributed by atoms with E-state index in [0.29, 0.717) is 38.4 Å². The molecule has 0 bridgehead atoms. The van der Waals surface area contributed by atoms with Crippen molar-refractivity contribution in [2.75, 3.05) is 51.3 Å². The number of sulfonamides is 1. The van der Waals surface area contributed by atoms with E-state index in [1.165, 1.54) is 30.0 Å². The fourth-order valence-corrected chi connectivity index (χ4v) is 5.78. The van der Waals surface area contributed by atoms with Crippen LogP contribution in [0.25, 0.3) is 0 Å². The smallest absolute Gasteiger partial charge is 0.320 e. The predicted octanol–water partition coefficient (Wildman–Crippen LogP) is 1.98. The van der Waals surface area contributed by atoms with E-state index >= 15 is 0 Å². The predicted molar refractivity (Wildman–Crippen MR) is 122 cm³/mol. The van der Waals surface area contributed by atoms with Crippen LogP contribution >= 0.6 is 11.8 Å². The zero-order valence-corrected chi connectivity index (χ0v) is 20.0. The number of hydrogen-bond donors (Lipinski definition) is 1. The summed E-state index contributed by atoms with van der Waals surface area (Å²) in [7, 11) is -4.20. The van der Waals surface area contributed by atoms with Crippen LogP contribution in [-0.2, 0) is 14.8 Å². The minimum Gasteiger partial charge on any atom is -0.338 e. The Balaban J connectivity index is 1.63. The number of carbonyl (C=O) groups is 2. The van der Waals surface area contributed by atoms with Gasteiger partial charge in [-0.1, -0.05) is 12.1 Å². The number of nitrogens with zero attached hydrogens (tertiary/aromatic N) is 3. The van der Waals surface area contributed by atoms with Gasteiger partial charge in [0.15, 0.2) is 0 Å². The molecular formula is C21H31FN4O4S2. The molecule has 2 saturated heterocycles. The number of carbonyl (C=O) groups excluding carboxylic acids is 2. The second kappa shape index (κ2) is 11.3. The number of thioether (sulfide) groups is 1. The third kappa shape index (κ3) is 6.14. The molecule has 0 spiro atoms. The lowest BCUT2D eigenvalue weighted by Gasteiger charge is -2.39. The fraction of sp³-hybridized carbons (Fsp3) is 0.619. The van der Waals surface area contributed by atoms with Gasteiger partial charge in [-0.2, -0.15) is 16.5 Å². The molecule has 2 fully saturated rings. The maximum absolute atomic E-state index is 14.1. The monoisotopic (exact) mass is 486 g/mol. The molecule has 0 aromatic heterocycles. The Hall–Kier alpha value is -1.85. The lowest BCUT2D eigenvalue weighted by atomic mass is 10.1. The van der Waals surface area contributed by atoms with Crippen LogP contribution < -0.4 is 4.72 Å². The van der Waals surface area contributed by atoms with Gasteiger partial charge in [-0.25, -0.2) is 17.6 Å². The molecule has 8 nitrogen and oxygen atoms in total. The van der Waals surface area contributed by atoms with Gasteiger partial charge < -0.3 is 14.7 Å². The lowest BCUT2D eigenvalue weighted by molar-refractivity contribution is -0.134. The Morgan fingerprint density at radius 1 is 1.00 bits per heavy atom. The van der Waals surface area contributed by atoms with E-state index < -0.39 is 26.8 Å². The average Bonchev–Trinajstić information content (AvgIpc) is 2.81. The fourth-order valence-electron chi connectivity index (χ4n) is 4.01. The van der Waals surface area contributed by atoms with Crippen LogP contribution in [0.1, 0.15) is 25.7 Å². The van der Waals surface area contributed by atoms with E-state index in [1.54, 1.807) is 9.80 Å². The van der Waals surface area contributed by atoms with Gasteiger partial charge in [0.25, 0.3) is 0 Å². The molecule has 1 unspecified atom stereocenters. The Morgan fingerprint density at radius 3 is 2.22 bits per heavy atom. The van der Waals surface area contributed by atoms with Crippen LogP contribution in [0.2, 0.25) is 0 Å². The van der Waals surface area contributed by atoms with E-state index in [-0.39, 0.29) is 11.9 Å². The van der Waals surface area contributed by atoms with Crippen molar-refractivity contribution >= 4 is 33.7 Å². The highest BCUT2D eigenvalue weighted by molar-refractivity contribution is 7.98. The Morgan fingerprint density at radius 2 is 1.59 bits per heavy atom. The number of benzene rings is 1. The summed E-state index contributed by atoms with van der Waals surface area (Å²) in [5.41, 5.74) is 0. The molecule has 32 heavy (non-hydrogen) atoms. The second-order valence-electron chi connectivity index (χ2n) is 8.03. The van der Waals surface area contributed by atoms with E-state index in [4.69, 9.17) is 0 Å². The van der Waals surface area contributed by atoms with Crippen molar-refractivity contribution in [1.82, 2.24) is 19.4 Å². The zero-order valence-electron chi connectivity index (χ0n) is 18.3. The summed E-state index contributed by atoms with van der Waals surface area (Å²) in [6.07, 6.45) is 5.34.